The number of amides is 1. The van der Waals surface area contributed by atoms with E-state index in [1.54, 1.807) is 11.9 Å². The van der Waals surface area contributed by atoms with Crippen LogP contribution in [0.1, 0.15) is 18.4 Å². The summed E-state index contributed by atoms with van der Waals surface area (Å²) in [6, 6.07) is 11.8. The van der Waals surface area contributed by atoms with E-state index in [0.717, 1.165) is 23.4 Å². The van der Waals surface area contributed by atoms with Crippen molar-refractivity contribution in [3.05, 3.63) is 54.1 Å². The molecule has 2 aromatic rings. The molecule has 10 heteroatoms. The molecule has 0 aliphatic carbocycles. The van der Waals surface area contributed by atoms with Crippen molar-refractivity contribution in [3.63, 3.8) is 0 Å². The van der Waals surface area contributed by atoms with E-state index in [4.69, 9.17) is 0 Å². The second-order valence-electron chi connectivity index (χ2n) is 7.44. The largest absolute Gasteiger partial charge is 0.573 e. The molecule has 0 spiro atoms. The Labute approximate surface area is 179 Å². The number of ether oxygens (including phenoxy) is 1. The molecule has 168 valence electrons. The fourth-order valence-corrected chi connectivity index (χ4v) is 5.07. The minimum atomic E-state index is -4.91. The van der Waals surface area contributed by atoms with Crippen molar-refractivity contribution in [2.45, 2.75) is 31.0 Å². The zero-order valence-corrected chi connectivity index (χ0v) is 17.9. The first-order valence-corrected chi connectivity index (χ1v) is 11.1. The van der Waals surface area contributed by atoms with Crippen molar-refractivity contribution in [1.82, 2.24) is 4.31 Å². The normalized spacial score (nSPS) is 16.2. The Kier molecular flexibility index (Phi) is 6.61. The van der Waals surface area contributed by atoms with Crippen LogP contribution in [0.25, 0.3) is 0 Å². The lowest BCUT2D eigenvalue weighted by Crippen LogP contribution is -2.43. The molecule has 6 nitrogen and oxygen atoms in total. The number of carbonyl (C=O) groups excluding carboxylic acids is 1. The van der Waals surface area contributed by atoms with Crippen molar-refractivity contribution in [1.29, 1.82) is 0 Å². The maximum absolute atomic E-state index is 12.9. The maximum atomic E-state index is 12.9. The SMILES string of the molecule is Cc1cccc(N(C)C(=O)C2CCN(S(=O)(=O)c3cccc(OC(F)(F)F)c3)CC2)c1. The number of hydrogen-bond acceptors (Lipinski definition) is 4. The highest BCUT2D eigenvalue weighted by molar-refractivity contribution is 7.89. The Balaban J connectivity index is 1.67. The van der Waals surface area contributed by atoms with Gasteiger partial charge in [-0.05, 0) is 49.6 Å². The summed E-state index contributed by atoms with van der Waals surface area (Å²) in [5.41, 5.74) is 1.79. The van der Waals surface area contributed by atoms with Crippen molar-refractivity contribution in [2.75, 3.05) is 25.0 Å². The van der Waals surface area contributed by atoms with Gasteiger partial charge in [0.15, 0.2) is 0 Å². The number of piperidine rings is 1. The van der Waals surface area contributed by atoms with E-state index in [-0.39, 0.29) is 29.8 Å². The highest BCUT2D eigenvalue weighted by Gasteiger charge is 2.35. The fraction of sp³-hybridized carbons (Fsp3) is 0.381. The summed E-state index contributed by atoms with van der Waals surface area (Å²) < 4.78 is 68.0. The standard InChI is InChI=1S/C21H23F3N2O4S/c1-15-5-3-6-17(13-15)25(2)20(27)16-9-11-26(12-10-16)31(28,29)19-8-4-7-18(14-19)30-21(22,23)24/h3-8,13-14,16H,9-12H2,1-2H3. The lowest BCUT2D eigenvalue weighted by atomic mass is 9.96. The average molecular weight is 456 g/mol. The van der Waals surface area contributed by atoms with Gasteiger partial charge in [0.2, 0.25) is 15.9 Å². The minimum Gasteiger partial charge on any atom is -0.406 e. The number of nitrogens with zero attached hydrogens (tertiary/aromatic N) is 2. The molecule has 0 N–H and O–H groups in total. The molecule has 0 unspecified atom stereocenters. The molecule has 31 heavy (non-hydrogen) atoms. The van der Waals surface area contributed by atoms with Gasteiger partial charge in [0, 0.05) is 37.8 Å². The van der Waals surface area contributed by atoms with Crippen LogP contribution in [-0.2, 0) is 14.8 Å². The number of rotatable bonds is 5. The van der Waals surface area contributed by atoms with Crippen LogP contribution in [0.15, 0.2) is 53.4 Å². The van der Waals surface area contributed by atoms with Gasteiger partial charge < -0.3 is 9.64 Å². The van der Waals surface area contributed by atoms with Gasteiger partial charge in [0.05, 0.1) is 4.90 Å². The van der Waals surface area contributed by atoms with E-state index >= 15 is 0 Å². The molecular formula is C21H23F3N2O4S. The Morgan fingerprint density at radius 3 is 2.35 bits per heavy atom. The summed E-state index contributed by atoms with van der Waals surface area (Å²) in [5, 5.41) is 0. The molecule has 3 rings (SSSR count). The topological polar surface area (TPSA) is 66.9 Å². The van der Waals surface area contributed by atoms with Gasteiger partial charge in [-0.3, -0.25) is 4.79 Å². The number of benzene rings is 2. The van der Waals surface area contributed by atoms with Crippen LogP contribution >= 0.6 is 0 Å². The van der Waals surface area contributed by atoms with E-state index < -0.39 is 22.1 Å². The summed E-state index contributed by atoms with van der Waals surface area (Å²) in [5.74, 6) is -1.03. The van der Waals surface area contributed by atoms with Crippen LogP contribution < -0.4 is 9.64 Å². The van der Waals surface area contributed by atoms with Crippen LogP contribution in [0.5, 0.6) is 5.75 Å². The summed E-state index contributed by atoms with van der Waals surface area (Å²) in [7, 11) is -2.32. The first-order chi connectivity index (χ1) is 14.5. The quantitative estimate of drug-likeness (QED) is 0.683. The van der Waals surface area contributed by atoms with Gasteiger partial charge in [-0.25, -0.2) is 8.42 Å². The molecule has 0 aromatic heterocycles. The molecule has 1 aliphatic heterocycles. The second-order valence-corrected chi connectivity index (χ2v) is 9.38. The van der Waals surface area contributed by atoms with Gasteiger partial charge >= 0.3 is 6.36 Å². The van der Waals surface area contributed by atoms with Gasteiger partial charge in [-0.15, -0.1) is 13.2 Å². The number of sulfonamides is 1. The number of anilines is 1. The van der Waals surface area contributed by atoms with Crippen LogP contribution in [0.2, 0.25) is 0 Å². The number of alkyl halides is 3. The second kappa shape index (κ2) is 8.88. The summed E-state index contributed by atoms with van der Waals surface area (Å²) in [4.78, 5) is 14.1. The molecule has 1 amide bonds. The maximum Gasteiger partial charge on any atom is 0.573 e. The van der Waals surface area contributed by atoms with Gasteiger partial charge in [0.25, 0.3) is 0 Å². The van der Waals surface area contributed by atoms with Crippen LogP contribution in [0.4, 0.5) is 18.9 Å². The van der Waals surface area contributed by atoms with E-state index in [2.05, 4.69) is 4.74 Å². The molecular weight excluding hydrogens is 433 g/mol. The summed E-state index contributed by atoms with van der Waals surface area (Å²) in [6.07, 6.45) is -4.26. The average Bonchev–Trinajstić information content (AvgIpc) is 2.72. The highest BCUT2D eigenvalue weighted by atomic mass is 32.2. The fourth-order valence-electron chi connectivity index (χ4n) is 3.56. The molecule has 1 aliphatic rings. The number of hydrogen-bond donors (Lipinski definition) is 0. The molecule has 1 heterocycles. The van der Waals surface area contributed by atoms with Crippen molar-refractivity contribution >= 4 is 21.6 Å². The van der Waals surface area contributed by atoms with Crippen molar-refractivity contribution in [3.8, 4) is 5.75 Å². The van der Waals surface area contributed by atoms with E-state index in [9.17, 15) is 26.4 Å². The third-order valence-corrected chi connectivity index (χ3v) is 7.09. The van der Waals surface area contributed by atoms with Crippen LogP contribution in [-0.4, -0.2) is 45.1 Å². The Bertz CT molecular complexity index is 1050. The number of carbonyl (C=O) groups is 1. The Hall–Kier alpha value is -2.59. The zero-order valence-electron chi connectivity index (χ0n) is 17.1. The van der Waals surface area contributed by atoms with Crippen LogP contribution in [0, 0.1) is 12.8 Å². The van der Waals surface area contributed by atoms with E-state index in [1.165, 1.54) is 16.4 Å². The smallest absolute Gasteiger partial charge is 0.406 e. The van der Waals surface area contributed by atoms with E-state index in [0.29, 0.717) is 12.8 Å². The van der Waals surface area contributed by atoms with E-state index in [1.807, 2.05) is 31.2 Å². The molecule has 0 atom stereocenters. The molecule has 1 saturated heterocycles. The highest BCUT2D eigenvalue weighted by Crippen LogP contribution is 2.29. The zero-order chi connectivity index (χ0) is 22.8. The van der Waals surface area contributed by atoms with Gasteiger partial charge in [-0.2, -0.15) is 4.31 Å². The summed E-state index contributed by atoms with van der Waals surface area (Å²) >= 11 is 0. The molecule has 0 radical (unpaired) electrons. The van der Waals surface area contributed by atoms with Gasteiger partial charge in [0.1, 0.15) is 5.75 Å². The first kappa shape index (κ1) is 23.1. The number of aryl methyl sites for hydroxylation is 1. The predicted molar refractivity (Wildman–Crippen MR) is 109 cm³/mol. The lowest BCUT2D eigenvalue weighted by Gasteiger charge is -2.32. The third kappa shape index (κ3) is 5.56. The van der Waals surface area contributed by atoms with Gasteiger partial charge in [-0.1, -0.05) is 18.2 Å². The van der Waals surface area contributed by atoms with Crippen molar-refractivity contribution in [2.24, 2.45) is 5.92 Å². The Morgan fingerprint density at radius 2 is 1.74 bits per heavy atom. The first-order valence-electron chi connectivity index (χ1n) is 9.67. The monoisotopic (exact) mass is 456 g/mol. The minimum absolute atomic E-state index is 0.0942. The third-order valence-electron chi connectivity index (χ3n) is 5.20. The molecule has 2 aromatic carbocycles. The summed E-state index contributed by atoms with van der Waals surface area (Å²) in [6.45, 7) is 2.13. The molecule has 1 fully saturated rings. The number of halogens is 3. The predicted octanol–water partition coefficient (Wildman–Crippen LogP) is 3.96. The molecule has 0 saturated carbocycles. The van der Waals surface area contributed by atoms with Crippen molar-refractivity contribution < 1.29 is 31.1 Å². The Morgan fingerprint density at radius 1 is 1.10 bits per heavy atom. The van der Waals surface area contributed by atoms with Crippen LogP contribution in [0.3, 0.4) is 0 Å². The lowest BCUT2D eigenvalue weighted by molar-refractivity contribution is -0.274. The molecule has 0 bridgehead atoms.